The molecule has 3 N–H and O–H groups in total. The summed E-state index contributed by atoms with van der Waals surface area (Å²) in [5, 5.41) is 9.10. The highest BCUT2D eigenvalue weighted by atomic mass is 16.5. The van der Waals surface area contributed by atoms with E-state index in [1.165, 1.54) is 4.90 Å². The van der Waals surface area contributed by atoms with Gasteiger partial charge in [0.1, 0.15) is 12.4 Å². The standard InChI is InChI=1S/C17H27N3O3/c1-12(2)15-10-14(18)4-5-16(15)23-9-8-19-6-7-20(17(21)22)13(3)11-19/h4-5,10,12-13H,6-9,11,18H2,1-3H3,(H,21,22). The number of hydrogen-bond acceptors (Lipinski definition) is 4. The molecule has 1 heterocycles. The van der Waals surface area contributed by atoms with Crippen LogP contribution in [-0.4, -0.2) is 59.8 Å². The van der Waals surface area contributed by atoms with E-state index in [9.17, 15) is 4.79 Å². The van der Waals surface area contributed by atoms with Crippen LogP contribution in [0.15, 0.2) is 18.2 Å². The Hall–Kier alpha value is -1.95. The van der Waals surface area contributed by atoms with Crippen LogP contribution in [0.25, 0.3) is 0 Å². The van der Waals surface area contributed by atoms with Crippen molar-refractivity contribution in [1.29, 1.82) is 0 Å². The van der Waals surface area contributed by atoms with E-state index in [0.29, 0.717) is 19.1 Å². The van der Waals surface area contributed by atoms with E-state index in [2.05, 4.69) is 18.7 Å². The number of anilines is 1. The normalized spacial score (nSPS) is 19.1. The number of nitrogen functional groups attached to an aromatic ring is 1. The van der Waals surface area contributed by atoms with Gasteiger partial charge in [-0.1, -0.05) is 13.8 Å². The van der Waals surface area contributed by atoms with Crippen LogP contribution in [0.2, 0.25) is 0 Å². The first kappa shape index (κ1) is 17.4. The van der Waals surface area contributed by atoms with E-state index in [1.54, 1.807) is 0 Å². The molecule has 1 aromatic rings. The Bertz CT molecular complexity index is 548. The number of nitrogens with zero attached hydrogens (tertiary/aromatic N) is 2. The lowest BCUT2D eigenvalue weighted by Gasteiger charge is -2.38. The summed E-state index contributed by atoms with van der Waals surface area (Å²) in [5.41, 5.74) is 7.72. The van der Waals surface area contributed by atoms with Gasteiger partial charge in [-0.25, -0.2) is 4.79 Å². The number of benzene rings is 1. The topological polar surface area (TPSA) is 79.0 Å². The molecule has 0 bridgehead atoms. The van der Waals surface area contributed by atoms with E-state index >= 15 is 0 Å². The van der Waals surface area contributed by atoms with Crippen molar-refractivity contribution in [1.82, 2.24) is 9.80 Å². The highest BCUT2D eigenvalue weighted by molar-refractivity contribution is 5.65. The lowest BCUT2D eigenvalue weighted by Crippen LogP contribution is -2.54. The number of carbonyl (C=O) groups is 1. The average molecular weight is 321 g/mol. The summed E-state index contributed by atoms with van der Waals surface area (Å²) < 4.78 is 5.94. The lowest BCUT2D eigenvalue weighted by molar-refractivity contribution is 0.0680. The van der Waals surface area contributed by atoms with E-state index in [0.717, 1.165) is 36.6 Å². The quantitative estimate of drug-likeness (QED) is 0.814. The van der Waals surface area contributed by atoms with Gasteiger partial charge < -0.3 is 20.5 Å². The van der Waals surface area contributed by atoms with E-state index in [-0.39, 0.29) is 6.04 Å². The summed E-state index contributed by atoms with van der Waals surface area (Å²) in [7, 11) is 0. The fourth-order valence-electron chi connectivity index (χ4n) is 2.95. The highest BCUT2D eigenvalue weighted by Crippen LogP contribution is 2.28. The average Bonchev–Trinajstić information content (AvgIpc) is 2.48. The molecule has 1 aromatic carbocycles. The molecule has 0 saturated carbocycles. The maximum Gasteiger partial charge on any atom is 0.407 e. The van der Waals surface area contributed by atoms with Crippen molar-refractivity contribution >= 4 is 11.8 Å². The maximum absolute atomic E-state index is 11.1. The Labute approximate surface area is 137 Å². The monoisotopic (exact) mass is 321 g/mol. The lowest BCUT2D eigenvalue weighted by atomic mass is 10.0. The van der Waals surface area contributed by atoms with Crippen molar-refractivity contribution in [2.75, 3.05) is 38.5 Å². The number of piperazine rings is 1. The van der Waals surface area contributed by atoms with Crippen LogP contribution in [0.5, 0.6) is 5.75 Å². The second kappa shape index (κ2) is 7.55. The highest BCUT2D eigenvalue weighted by Gasteiger charge is 2.26. The molecule has 1 fully saturated rings. The molecule has 1 atom stereocenters. The number of hydrogen-bond donors (Lipinski definition) is 2. The minimum absolute atomic E-state index is 0.0176. The van der Waals surface area contributed by atoms with Crippen molar-refractivity contribution in [3.63, 3.8) is 0 Å². The number of rotatable bonds is 5. The van der Waals surface area contributed by atoms with Crippen LogP contribution in [0.4, 0.5) is 10.5 Å². The first-order valence-corrected chi connectivity index (χ1v) is 8.12. The zero-order valence-corrected chi connectivity index (χ0v) is 14.2. The molecule has 0 spiro atoms. The molecule has 128 valence electrons. The second-order valence-electron chi connectivity index (χ2n) is 6.43. The molecule has 23 heavy (non-hydrogen) atoms. The Kier molecular flexibility index (Phi) is 5.71. The van der Waals surface area contributed by atoms with Crippen LogP contribution in [-0.2, 0) is 0 Å². The molecule has 1 amide bonds. The predicted molar refractivity (Wildman–Crippen MR) is 91.1 cm³/mol. The SMILES string of the molecule is CC(C)c1cc(N)ccc1OCCN1CCN(C(=O)O)C(C)C1. The minimum atomic E-state index is -0.836. The molecule has 6 heteroatoms. The fourth-order valence-corrected chi connectivity index (χ4v) is 2.95. The van der Waals surface area contributed by atoms with Crippen molar-refractivity contribution in [2.45, 2.75) is 32.7 Å². The van der Waals surface area contributed by atoms with E-state index in [4.69, 9.17) is 15.6 Å². The molecule has 0 radical (unpaired) electrons. The largest absolute Gasteiger partial charge is 0.492 e. The zero-order valence-electron chi connectivity index (χ0n) is 14.2. The Morgan fingerprint density at radius 3 is 2.78 bits per heavy atom. The van der Waals surface area contributed by atoms with Crippen molar-refractivity contribution < 1.29 is 14.6 Å². The molecule has 1 aliphatic heterocycles. The Balaban J connectivity index is 1.85. The second-order valence-corrected chi connectivity index (χ2v) is 6.43. The van der Waals surface area contributed by atoms with Crippen LogP contribution in [0.3, 0.4) is 0 Å². The van der Waals surface area contributed by atoms with Gasteiger partial charge in [0.15, 0.2) is 0 Å². The number of amides is 1. The summed E-state index contributed by atoms with van der Waals surface area (Å²) in [5.74, 6) is 1.24. The first-order chi connectivity index (χ1) is 10.9. The molecule has 6 nitrogen and oxygen atoms in total. The maximum atomic E-state index is 11.1. The van der Waals surface area contributed by atoms with Gasteiger partial charge in [-0.2, -0.15) is 0 Å². The number of ether oxygens (including phenoxy) is 1. The van der Waals surface area contributed by atoms with Gasteiger partial charge in [0.2, 0.25) is 0 Å². The zero-order chi connectivity index (χ0) is 17.0. The van der Waals surface area contributed by atoms with Gasteiger partial charge in [-0.15, -0.1) is 0 Å². The van der Waals surface area contributed by atoms with Crippen molar-refractivity contribution in [3.05, 3.63) is 23.8 Å². The Morgan fingerprint density at radius 2 is 2.17 bits per heavy atom. The number of nitrogens with two attached hydrogens (primary N) is 1. The van der Waals surface area contributed by atoms with Crippen LogP contribution in [0, 0.1) is 0 Å². The van der Waals surface area contributed by atoms with Gasteiger partial charge in [-0.3, -0.25) is 4.90 Å². The van der Waals surface area contributed by atoms with E-state index in [1.807, 2.05) is 25.1 Å². The third-order valence-electron chi connectivity index (χ3n) is 4.28. The molecular formula is C17H27N3O3. The van der Waals surface area contributed by atoms with Crippen molar-refractivity contribution in [2.24, 2.45) is 0 Å². The third-order valence-corrected chi connectivity index (χ3v) is 4.28. The van der Waals surface area contributed by atoms with Gasteiger partial charge in [0.05, 0.1) is 0 Å². The van der Waals surface area contributed by atoms with Crippen LogP contribution in [0.1, 0.15) is 32.3 Å². The molecule has 2 rings (SSSR count). The summed E-state index contributed by atoms with van der Waals surface area (Å²) in [6.07, 6.45) is -0.836. The smallest absolute Gasteiger partial charge is 0.407 e. The summed E-state index contributed by atoms with van der Waals surface area (Å²) in [6.45, 7) is 9.60. The molecular weight excluding hydrogens is 294 g/mol. The molecule has 1 aliphatic rings. The first-order valence-electron chi connectivity index (χ1n) is 8.12. The van der Waals surface area contributed by atoms with Gasteiger partial charge in [0, 0.05) is 37.9 Å². The molecule has 1 unspecified atom stereocenters. The van der Waals surface area contributed by atoms with Gasteiger partial charge >= 0.3 is 6.09 Å². The molecule has 0 aromatic heterocycles. The predicted octanol–water partition coefficient (Wildman–Crippen LogP) is 2.46. The summed E-state index contributed by atoms with van der Waals surface area (Å²) >= 11 is 0. The van der Waals surface area contributed by atoms with Gasteiger partial charge in [-0.05, 0) is 36.6 Å². The third kappa shape index (κ3) is 4.51. The number of carboxylic acid groups (broad SMARTS) is 1. The molecule has 0 aliphatic carbocycles. The Morgan fingerprint density at radius 1 is 1.43 bits per heavy atom. The van der Waals surface area contributed by atoms with Crippen molar-refractivity contribution in [3.8, 4) is 5.75 Å². The van der Waals surface area contributed by atoms with Crippen LogP contribution < -0.4 is 10.5 Å². The fraction of sp³-hybridized carbons (Fsp3) is 0.588. The summed E-state index contributed by atoms with van der Waals surface area (Å²) in [6, 6.07) is 5.77. The minimum Gasteiger partial charge on any atom is -0.492 e. The van der Waals surface area contributed by atoms with Gasteiger partial charge in [0.25, 0.3) is 0 Å². The van der Waals surface area contributed by atoms with E-state index < -0.39 is 6.09 Å². The summed E-state index contributed by atoms with van der Waals surface area (Å²) in [4.78, 5) is 14.8. The molecule has 1 saturated heterocycles. The van der Waals surface area contributed by atoms with Crippen LogP contribution >= 0.6 is 0 Å².